The number of hydrogen-bond acceptors (Lipinski definition) is 4. The van der Waals surface area contributed by atoms with Crippen molar-refractivity contribution in [3.05, 3.63) is 16.6 Å². The second kappa shape index (κ2) is 3.30. The Balaban J connectivity index is 2.76. The van der Waals surface area contributed by atoms with Gasteiger partial charge >= 0.3 is 0 Å². The molecule has 0 saturated heterocycles. The molecule has 0 radical (unpaired) electrons. The lowest BCUT2D eigenvalue weighted by atomic mass is 10.1. The fraction of sp³-hybridized carbons (Fsp3) is 0.571. The third kappa shape index (κ3) is 1.99. The smallest absolute Gasteiger partial charge is 0.105 e. The molecule has 0 aliphatic rings. The van der Waals surface area contributed by atoms with E-state index in [1.165, 1.54) is 11.5 Å². The molecule has 0 aromatic carbocycles. The summed E-state index contributed by atoms with van der Waals surface area (Å²) in [5.74, 6) is 0. The summed E-state index contributed by atoms with van der Waals surface area (Å²) in [6.45, 7) is 3.67. The van der Waals surface area contributed by atoms with E-state index in [2.05, 4.69) is 4.37 Å². The summed E-state index contributed by atoms with van der Waals surface area (Å²) in [6.07, 6.45) is -0.568. The maximum atomic E-state index is 9.46. The topological polar surface area (TPSA) is 59.1 Å². The summed E-state index contributed by atoms with van der Waals surface area (Å²) in [7, 11) is 0. The fourth-order valence-electron chi connectivity index (χ4n) is 0.782. The Morgan fingerprint density at radius 1 is 1.73 bits per heavy atom. The largest absolute Gasteiger partial charge is 0.386 e. The molecule has 2 unspecified atom stereocenters. The monoisotopic (exact) mass is 172 g/mol. The van der Waals surface area contributed by atoms with Crippen LogP contribution in [0.25, 0.3) is 0 Å². The van der Waals surface area contributed by atoms with Gasteiger partial charge in [0.1, 0.15) is 6.10 Å². The number of hydrogen-bond donors (Lipinski definition) is 2. The lowest BCUT2D eigenvalue weighted by Gasteiger charge is -2.10. The molecule has 1 aromatic heterocycles. The van der Waals surface area contributed by atoms with Crippen LogP contribution in [0.4, 0.5) is 0 Å². The van der Waals surface area contributed by atoms with Crippen molar-refractivity contribution in [1.29, 1.82) is 0 Å². The molecule has 0 aliphatic heterocycles. The van der Waals surface area contributed by atoms with Gasteiger partial charge in [0.2, 0.25) is 0 Å². The minimum absolute atomic E-state index is 0.227. The molecular weight excluding hydrogens is 160 g/mol. The summed E-state index contributed by atoms with van der Waals surface area (Å²) in [5, 5.41) is 9.46. The van der Waals surface area contributed by atoms with E-state index in [0.717, 1.165) is 10.6 Å². The van der Waals surface area contributed by atoms with Crippen LogP contribution >= 0.6 is 11.5 Å². The molecule has 4 heteroatoms. The van der Waals surface area contributed by atoms with Gasteiger partial charge in [-0.3, -0.25) is 0 Å². The summed E-state index contributed by atoms with van der Waals surface area (Å²) in [6, 6.07) is 1.63. The van der Waals surface area contributed by atoms with Crippen molar-refractivity contribution in [3.8, 4) is 0 Å². The Morgan fingerprint density at radius 2 is 2.36 bits per heavy atom. The van der Waals surface area contributed by atoms with Gasteiger partial charge in [0.15, 0.2) is 0 Å². The first-order valence-electron chi connectivity index (χ1n) is 3.48. The minimum Gasteiger partial charge on any atom is -0.386 e. The van der Waals surface area contributed by atoms with E-state index in [9.17, 15) is 5.11 Å². The van der Waals surface area contributed by atoms with Crippen LogP contribution in [0.2, 0.25) is 0 Å². The third-order valence-electron chi connectivity index (χ3n) is 1.44. The lowest BCUT2D eigenvalue weighted by Crippen LogP contribution is -2.23. The second-order valence-corrected chi connectivity index (χ2v) is 3.51. The molecule has 1 heterocycles. The van der Waals surface area contributed by atoms with E-state index in [1.807, 2.05) is 13.0 Å². The number of rotatable bonds is 2. The Hall–Kier alpha value is -0.450. The van der Waals surface area contributed by atoms with Gasteiger partial charge < -0.3 is 10.8 Å². The van der Waals surface area contributed by atoms with Crippen LogP contribution in [0.3, 0.4) is 0 Å². The summed E-state index contributed by atoms with van der Waals surface area (Å²) in [5.41, 5.74) is 6.44. The van der Waals surface area contributed by atoms with Crippen LogP contribution < -0.4 is 5.73 Å². The molecule has 1 rings (SSSR count). The van der Waals surface area contributed by atoms with Crippen molar-refractivity contribution < 1.29 is 5.11 Å². The second-order valence-electron chi connectivity index (χ2n) is 2.67. The van der Waals surface area contributed by atoms with Gasteiger partial charge in [-0.15, -0.1) is 0 Å². The molecule has 2 atom stereocenters. The molecule has 0 bridgehead atoms. The number of aryl methyl sites for hydroxylation is 1. The zero-order valence-electron chi connectivity index (χ0n) is 6.61. The van der Waals surface area contributed by atoms with Crippen molar-refractivity contribution >= 4 is 11.5 Å². The highest BCUT2D eigenvalue weighted by Gasteiger charge is 2.14. The van der Waals surface area contributed by atoms with Crippen molar-refractivity contribution in [2.24, 2.45) is 5.73 Å². The molecule has 0 spiro atoms. The molecule has 62 valence electrons. The predicted octanol–water partition coefficient (Wildman–Crippen LogP) is 0.832. The first-order valence-corrected chi connectivity index (χ1v) is 4.25. The van der Waals surface area contributed by atoms with Gasteiger partial charge in [0.05, 0.1) is 10.6 Å². The van der Waals surface area contributed by atoms with Crippen LogP contribution in [0.1, 0.15) is 23.6 Å². The maximum absolute atomic E-state index is 9.46. The van der Waals surface area contributed by atoms with Crippen LogP contribution in [-0.4, -0.2) is 15.5 Å². The van der Waals surface area contributed by atoms with E-state index in [0.29, 0.717) is 0 Å². The van der Waals surface area contributed by atoms with Crippen LogP contribution in [-0.2, 0) is 0 Å². The number of aliphatic hydroxyl groups is 1. The van der Waals surface area contributed by atoms with Gasteiger partial charge in [-0.05, 0) is 31.4 Å². The highest BCUT2D eigenvalue weighted by molar-refractivity contribution is 7.05. The van der Waals surface area contributed by atoms with Gasteiger partial charge in [0, 0.05) is 6.04 Å². The molecule has 0 fully saturated rings. The van der Waals surface area contributed by atoms with E-state index >= 15 is 0 Å². The zero-order valence-corrected chi connectivity index (χ0v) is 7.43. The van der Waals surface area contributed by atoms with Gasteiger partial charge in [-0.1, -0.05) is 0 Å². The van der Waals surface area contributed by atoms with Crippen molar-refractivity contribution in [2.75, 3.05) is 0 Å². The average molecular weight is 172 g/mol. The number of aliphatic hydroxyl groups excluding tert-OH is 1. The van der Waals surface area contributed by atoms with Gasteiger partial charge in [-0.25, -0.2) is 0 Å². The molecule has 11 heavy (non-hydrogen) atoms. The molecule has 0 saturated carbocycles. The molecule has 0 aliphatic carbocycles. The standard InChI is InChI=1S/C7H12N2OS/c1-4-3-6(11-9-4)7(10)5(2)8/h3,5,7,10H,8H2,1-2H3. The van der Waals surface area contributed by atoms with Crippen molar-refractivity contribution in [3.63, 3.8) is 0 Å². The summed E-state index contributed by atoms with van der Waals surface area (Å²) >= 11 is 1.31. The molecule has 3 nitrogen and oxygen atoms in total. The zero-order chi connectivity index (χ0) is 8.43. The SMILES string of the molecule is Cc1cc(C(O)C(C)N)sn1. The summed E-state index contributed by atoms with van der Waals surface area (Å²) < 4.78 is 4.05. The van der Waals surface area contributed by atoms with Crippen LogP contribution in [0.15, 0.2) is 6.07 Å². The predicted molar refractivity (Wildman–Crippen MR) is 45.5 cm³/mol. The Bertz CT molecular complexity index is 234. The molecule has 3 N–H and O–H groups in total. The quantitative estimate of drug-likeness (QED) is 0.694. The lowest BCUT2D eigenvalue weighted by molar-refractivity contribution is 0.157. The van der Waals surface area contributed by atoms with E-state index in [4.69, 9.17) is 5.73 Å². The van der Waals surface area contributed by atoms with Gasteiger partial charge in [-0.2, -0.15) is 4.37 Å². The van der Waals surface area contributed by atoms with E-state index < -0.39 is 6.10 Å². The first kappa shape index (κ1) is 8.64. The van der Waals surface area contributed by atoms with Crippen LogP contribution in [0.5, 0.6) is 0 Å². The Labute approximate surface area is 70.0 Å². The normalized spacial score (nSPS) is 16.4. The molecule has 0 amide bonds. The summed E-state index contributed by atoms with van der Waals surface area (Å²) in [4.78, 5) is 0.845. The first-order chi connectivity index (χ1) is 5.11. The highest BCUT2D eigenvalue weighted by atomic mass is 32.1. The number of nitrogens with zero attached hydrogens (tertiary/aromatic N) is 1. The highest BCUT2D eigenvalue weighted by Crippen LogP contribution is 2.20. The molecular formula is C7H12N2OS. The third-order valence-corrected chi connectivity index (χ3v) is 2.39. The van der Waals surface area contributed by atoms with Crippen molar-refractivity contribution in [2.45, 2.75) is 26.0 Å². The minimum atomic E-state index is -0.568. The number of nitrogens with two attached hydrogens (primary N) is 1. The maximum Gasteiger partial charge on any atom is 0.105 e. The Morgan fingerprint density at radius 3 is 2.73 bits per heavy atom. The molecule has 1 aromatic rings. The van der Waals surface area contributed by atoms with Crippen LogP contribution in [0, 0.1) is 6.92 Å². The Kier molecular flexibility index (Phi) is 2.59. The fourth-order valence-corrected chi connectivity index (χ4v) is 1.63. The van der Waals surface area contributed by atoms with E-state index in [-0.39, 0.29) is 6.04 Å². The van der Waals surface area contributed by atoms with E-state index in [1.54, 1.807) is 6.92 Å². The average Bonchev–Trinajstić information content (AvgIpc) is 2.34. The van der Waals surface area contributed by atoms with Gasteiger partial charge in [0.25, 0.3) is 0 Å². The van der Waals surface area contributed by atoms with Crippen molar-refractivity contribution in [1.82, 2.24) is 4.37 Å². The number of aromatic nitrogens is 1.